The Morgan fingerprint density at radius 1 is 1.11 bits per heavy atom. The molecule has 1 aromatic heterocycles. The highest BCUT2D eigenvalue weighted by Gasteiger charge is 2.29. The molecule has 0 spiro atoms. The van der Waals surface area contributed by atoms with Crippen molar-refractivity contribution in [2.24, 2.45) is 5.92 Å². The van der Waals surface area contributed by atoms with Crippen molar-refractivity contribution in [3.63, 3.8) is 0 Å². The molecule has 0 N–H and O–H groups in total. The van der Waals surface area contributed by atoms with Gasteiger partial charge in [-0.25, -0.2) is 4.98 Å². The quantitative estimate of drug-likeness (QED) is 0.689. The number of fused-ring (bicyclic) bond motifs is 1. The Bertz CT molecular complexity index is 955. The first-order valence-corrected chi connectivity index (χ1v) is 9.31. The van der Waals surface area contributed by atoms with Crippen molar-refractivity contribution in [1.82, 2.24) is 9.55 Å². The lowest BCUT2D eigenvalue weighted by molar-refractivity contribution is 0.0833. The average molecular weight is 377 g/mol. The van der Waals surface area contributed by atoms with E-state index in [1.807, 2.05) is 30.3 Å². The van der Waals surface area contributed by atoms with Crippen molar-refractivity contribution in [3.8, 4) is 11.5 Å². The zero-order valence-corrected chi connectivity index (χ0v) is 16.0. The van der Waals surface area contributed by atoms with Crippen LogP contribution in [0.5, 0.6) is 11.5 Å². The van der Waals surface area contributed by atoms with Crippen molar-refractivity contribution in [1.29, 1.82) is 0 Å². The van der Waals surface area contributed by atoms with Crippen LogP contribution in [0.1, 0.15) is 16.8 Å². The molecule has 3 aromatic rings. The van der Waals surface area contributed by atoms with Gasteiger partial charge < -0.3 is 14.4 Å². The Morgan fingerprint density at radius 3 is 2.54 bits per heavy atom. The van der Waals surface area contributed by atoms with Gasteiger partial charge in [0.1, 0.15) is 6.33 Å². The third-order valence-corrected chi connectivity index (χ3v) is 5.22. The molecular weight excluding hydrogens is 354 g/mol. The van der Waals surface area contributed by atoms with Gasteiger partial charge in [-0.05, 0) is 36.6 Å². The molecule has 0 amide bonds. The molecule has 1 aliphatic rings. The number of benzene rings is 2. The second kappa shape index (κ2) is 7.76. The minimum Gasteiger partial charge on any atom is -0.493 e. The molecule has 4 rings (SSSR count). The number of carbonyl (C=O) groups is 1. The molecule has 0 aliphatic carbocycles. The highest BCUT2D eigenvalue weighted by atomic mass is 16.5. The number of hydrogen-bond acceptors (Lipinski definition) is 5. The molecule has 1 atom stereocenters. The molecule has 0 fully saturated rings. The first-order chi connectivity index (χ1) is 13.7. The van der Waals surface area contributed by atoms with E-state index in [-0.39, 0.29) is 11.8 Å². The van der Waals surface area contributed by atoms with Crippen LogP contribution < -0.4 is 14.4 Å². The summed E-state index contributed by atoms with van der Waals surface area (Å²) in [6, 6.07) is 14.2. The number of aromatic nitrogens is 2. The maximum atomic E-state index is 13.0. The van der Waals surface area contributed by atoms with Gasteiger partial charge in [-0.2, -0.15) is 0 Å². The number of aryl methyl sites for hydroxylation is 1. The predicted octanol–water partition coefficient (Wildman–Crippen LogP) is 3.94. The van der Waals surface area contributed by atoms with Crippen molar-refractivity contribution >= 4 is 17.3 Å². The van der Waals surface area contributed by atoms with E-state index in [1.165, 1.54) is 0 Å². The second-order valence-electron chi connectivity index (χ2n) is 6.83. The summed E-state index contributed by atoms with van der Waals surface area (Å²) < 4.78 is 12.6. The Kier molecular flexibility index (Phi) is 5.02. The molecule has 0 bridgehead atoms. The molecule has 1 aliphatic heterocycles. The predicted molar refractivity (Wildman–Crippen MR) is 108 cm³/mol. The minimum absolute atomic E-state index is 0.0603. The molecule has 0 unspecified atom stereocenters. The van der Waals surface area contributed by atoms with Crippen LogP contribution in [0.4, 0.5) is 11.4 Å². The fourth-order valence-electron chi connectivity index (χ4n) is 3.76. The lowest BCUT2D eigenvalue weighted by atomic mass is 10.00. The summed E-state index contributed by atoms with van der Waals surface area (Å²) in [5.74, 6) is 1.29. The third-order valence-electron chi connectivity index (χ3n) is 5.22. The number of ether oxygens (including phenoxy) is 2. The molecule has 6 heteroatoms. The fraction of sp³-hybridized carbons (Fsp3) is 0.273. The number of nitrogens with zero attached hydrogens (tertiary/aromatic N) is 3. The van der Waals surface area contributed by atoms with Gasteiger partial charge in [0.15, 0.2) is 11.5 Å². The summed E-state index contributed by atoms with van der Waals surface area (Å²) in [6.45, 7) is 0.587. The van der Waals surface area contributed by atoms with E-state index >= 15 is 0 Å². The molecule has 144 valence electrons. The van der Waals surface area contributed by atoms with E-state index in [0.717, 1.165) is 29.8 Å². The molecule has 0 saturated carbocycles. The van der Waals surface area contributed by atoms with E-state index in [9.17, 15) is 4.79 Å². The number of rotatable bonds is 4. The summed E-state index contributed by atoms with van der Waals surface area (Å²) in [6.07, 6.45) is 6.44. The number of imidazole rings is 1. The largest absolute Gasteiger partial charge is 0.493 e. The van der Waals surface area contributed by atoms with Crippen LogP contribution >= 0.6 is 0 Å². The number of hydrogen-bond donors (Lipinski definition) is 0. The normalized spacial score (nSPS) is 16.2. The summed E-state index contributed by atoms with van der Waals surface area (Å²) in [7, 11) is 3.28. The molecular formula is C22H23N3O3. The van der Waals surface area contributed by atoms with Crippen LogP contribution in [0.3, 0.4) is 0 Å². The van der Waals surface area contributed by atoms with Gasteiger partial charge in [-0.3, -0.25) is 9.36 Å². The number of carbonyl (C=O) groups excluding carboxylic acids is 1. The van der Waals surface area contributed by atoms with Crippen molar-refractivity contribution in [2.45, 2.75) is 12.8 Å². The summed E-state index contributed by atoms with van der Waals surface area (Å²) >= 11 is 0. The Morgan fingerprint density at radius 2 is 1.86 bits per heavy atom. The van der Waals surface area contributed by atoms with Crippen LogP contribution in [0.2, 0.25) is 0 Å². The highest BCUT2D eigenvalue weighted by Crippen LogP contribution is 2.41. The van der Waals surface area contributed by atoms with Gasteiger partial charge >= 0.3 is 0 Å². The lowest BCUT2D eigenvalue weighted by Gasteiger charge is -2.28. The summed E-state index contributed by atoms with van der Waals surface area (Å²) in [4.78, 5) is 19.3. The Balaban J connectivity index is 1.78. The standard InChI is InChI=1S/C22H23N3O3/c1-27-20-12-16-8-9-17(22(26)24-11-10-23-15-24)14-25(18-6-4-3-5-7-18)19(16)13-21(20)28-2/h3-7,10-13,15,17H,8-9,14H2,1-2H3/t17-/m0/s1. The zero-order valence-electron chi connectivity index (χ0n) is 16.0. The summed E-state index contributed by atoms with van der Waals surface area (Å²) in [5.41, 5.74) is 3.23. The highest BCUT2D eigenvalue weighted by molar-refractivity contribution is 5.83. The van der Waals surface area contributed by atoms with Gasteiger partial charge in [0.25, 0.3) is 0 Å². The van der Waals surface area contributed by atoms with Gasteiger partial charge in [0.05, 0.1) is 20.1 Å². The van der Waals surface area contributed by atoms with Crippen molar-refractivity contribution in [3.05, 3.63) is 66.7 Å². The van der Waals surface area contributed by atoms with E-state index < -0.39 is 0 Å². The van der Waals surface area contributed by atoms with E-state index in [1.54, 1.807) is 37.5 Å². The SMILES string of the molecule is COc1cc2c(cc1OC)N(c1ccccc1)C[C@@H](C(=O)n1ccnc1)CC2. The van der Waals surface area contributed by atoms with E-state index in [0.29, 0.717) is 18.0 Å². The smallest absolute Gasteiger partial charge is 0.236 e. The molecule has 2 heterocycles. The summed E-state index contributed by atoms with van der Waals surface area (Å²) in [5, 5.41) is 0. The van der Waals surface area contributed by atoms with Crippen LogP contribution in [-0.4, -0.2) is 36.2 Å². The van der Waals surface area contributed by atoms with E-state index in [2.05, 4.69) is 22.0 Å². The first kappa shape index (κ1) is 18.1. The second-order valence-corrected chi connectivity index (χ2v) is 6.83. The molecule has 0 saturated heterocycles. The van der Waals surface area contributed by atoms with Crippen molar-refractivity contribution in [2.75, 3.05) is 25.7 Å². The third kappa shape index (κ3) is 3.33. The van der Waals surface area contributed by atoms with Gasteiger partial charge in [-0.15, -0.1) is 0 Å². The molecule has 0 radical (unpaired) electrons. The monoisotopic (exact) mass is 377 g/mol. The van der Waals surface area contributed by atoms with Crippen LogP contribution in [0.15, 0.2) is 61.2 Å². The zero-order chi connectivity index (χ0) is 19.5. The van der Waals surface area contributed by atoms with Gasteiger partial charge in [0.2, 0.25) is 5.91 Å². The number of para-hydroxylation sites is 1. The Hall–Kier alpha value is -3.28. The number of anilines is 2. The molecule has 28 heavy (non-hydrogen) atoms. The van der Waals surface area contributed by atoms with E-state index in [4.69, 9.17) is 9.47 Å². The first-order valence-electron chi connectivity index (χ1n) is 9.31. The topological polar surface area (TPSA) is 56.6 Å². The van der Waals surface area contributed by atoms with Gasteiger partial charge in [0, 0.05) is 36.4 Å². The van der Waals surface area contributed by atoms with Crippen molar-refractivity contribution < 1.29 is 14.3 Å². The van der Waals surface area contributed by atoms with Gasteiger partial charge in [-0.1, -0.05) is 18.2 Å². The van der Waals surface area contributed by atoms with Crippen LogP contribution in [0.25, 0.3) is 0 Å². The molecule has 2 aromatic carbocycles. The minimum atomic E-state index is -0.154. The maximum Gasteiger partial charge on any atom is 0.236 e. The number of methoxy groups -OCH3 is 2. The van der Waals surface area contributed by atoms with Crippen LogP contribution in [0, 0.1) is 5.92 Å². The maximum absolute atomic E-state index is 13.0. The average Bonchev–Trinajstić information content (AvgIpc) is 3.22. The lowest BCUT2D eigenvalue weighted by Crippen LogP contribution is -2.31. The molecule has 6 nitrogen and oxygen atoms in total. The van der Waals surface area contributed by atoms with Crippen LogP contribution in [-0.2, 0) is 6.42 Å². The Labute approximate surface area is 164 Å². The fourth-order valence-corrected chi connectivity index (χ4v) is 3.76.